The van der Waals surface area contributed by atoms with Crippen LogP contribution in [-0.4, -0.2) is 18.1 Å². The molecule has 0 aliphatic rings. The minimum Gasteiger partial charge on any atom is -0.469 e. The Morgan fingerprint density at radius 1 is 1.65 bits per heavy atom. The number of rotatable bonds is 4. The summed E-state index contributed by atoms with van der Waals surface area (Å²) in [4.78, 5) is 15.1. The summed E-state index contributed by atoms with van der Waals surface area (Å²) < 4.78 is 30.1. The van der Waals surface area contributed by atoms with E-state index in [1.165, 1.54) is 7.11 Å². The van der Waals surface area contributed by atoms with Crippen LogP contribution in [0.3, 0.4) is 0 Å². The first-order chi connectivity index (χ1) is 7.99. The zero-order chi connectivity index (χ0) is 13.0. The molecule has 0 bridgehead atoms. The summed E-state index contributed by atoms with van der Waals surface area (Å²) in [6.45, 7) is 0. The maximum Gasteiger partial charge on any atom is 0.310 e. The number of aromatic nitrogens is 1. The van der Waals surface area contributed by atoms with Crippen molar-refractivity contribution < 1.29 is 18.3 Å². The number of hydrogen-bond donors (Lipinski definition) is 1. The number of nitrogens with zero attached hydrogens (tertiary/aromatic N) is 1. The Morgan fingerprint density at radius 3 is 2.76 bits per heavy atom. The largest absolute Gasteiger partial charge is 0.469 e. The molecule has 0 aromatic carbocycles. The molecule has 1 rings (SSSR count). The zero-order valence-electron chi connectivity index (χ0n) is 9.04. The highest BCUT2D eigenvalue weighted by atomic mass is 79.9. The molecule has 17 heavy (non-hydrogen) atoms. The van der Waals surface area contributed by atoms with Crippen molar-refractivity contribution in [2.45, 2.75) is 18.2 Å². The maximum absolute atomic E-state index is 12.8. The van der Waals surface area contributed by atoms with E-state index in [0.717, 1.165) is 6.07 Å². The van der Waals surface area contributed by atoms with Crippen LogP contribution in [0.2, 0.25) is 0 Å². The summed E-state index contributed by atoms with van der Waals surface area (Å²) in [6, 6.07) is 1.08. The number of nitrogens with two attached hydrogens (primary N) is 1. The van der Waals surface area contributed by atoms with Crippen molar-refractivity contribution in [3.63, 3.8) is 0 Å². The van der Waals surface area contributed by atoms with Crippen molar-refractivity contribution >= 4 is 27.7 Å². The van der Waals surface area contributed by atoms with E-state index in [2.05, 4.69) is 25.7 Å². The van der Waals surface area contributed by atoms with Crippen LogP contribution in [0.4, 0.5) is 14.6 Å². The summed E-state index contributed by atoms with van der Waals surface area (Å²) in [5, 5.41) is 0.240. The summed E-state index contributed by atoms with van der Waals surface area (Å²) >= 11 is 3.12. The van der Waals surface area contributed by atoms with Crippen molar-refractivity contribution in [2.24, 2.45) is 0 Å². The van der Waals surface area contributed by atoms with Crippen LogP contribution in [0.1, 0.15) is 23.2 Å². The molecule has 1 aromatic rings. The van der Waals surface area contributed by atoms with Crippen LogP contribution in [-0.2, 0) is 21.3 Å². The lowest BCUT2D eigenvalue weighted by molar-refractivity contribution is -0.139. The fourth-order valence-corrected chi connectivity index (χ4v) is 1.86. The third-order valence-corrected chi connectivity index (χ3v) is 2.71. The van der Waals surface area contributed by atoms with Crippen molar-refractivity contribution in [3.05, 3.63) is 22.9 Å². The second-order valence-corrected chi connectivity index (χ2v) is 3.81. The second kappa shape index (κ2) is 5.90. The van der Waals surface area contributed by atoms with E-state index in [-0.39, 0.29) is 28.7 Å². The van der Waals surface area contributed by atoms with Gasteiger partial charge in [-0.05, 0) is 11.6 Å². The SMILES string of the molecule is COC(=O)Cc1c(C(F)F)cc(N)nc1CBr. The number of hydrogen-bond acceptors (Lipinski definition) is 4. The Bertz CT molecular complexity index is 427. The molecule has 0 spiro atoms. The minimum absolute atomic E-state index is 0.00312. The first kappa shape index (κ1) is 13.8. The highest BCUT2D eigenvalue weighted by molar-refractivity contribution is 9.08. The number of carbonyl (C=O) groups is 1. The molecule has 94 valence electrons. The molecule has 0 fully saturated rings. The first-order valence-corrected chi connectivity index (χ1v) is 5.80. The van der Waals surface area contributed by atoms with Crippen LogP contribution < -0.4 is 5.73 Å². The Balaban J connectivity index is 3.26. The second-order valence-electron chi connectivity index (χ2n) is 3.25. The summed E-state index contributed by atoms with van der Waals surface area (Å²) in [6.07, 6.45) is -2.96. The van der Waals surface area contributed by atoms with Gasteiger partial charge in [-0.15, -0.1) is 0 Å². The number of alkyl halides is 3. The number of halogens is 3. The molecule has 0 saturated heterocycles. The molecule has 2 N–H and O–H groups in total. The number of methoxy groups -OCH3 is 1. The highest BCUT2D eigenvalue weighted by Crippen LogP contribution is 2.28. The third-order valence-electron chi connectivity index (χ3n) is 2.17. The fraction of sp³-hybridized carbons (Fsp3) is 0.400. The van der Waals surface area contributed by atoms with Gasteiger partial charge in [0, 0.05) is 10.9 Å². The van der Waals surface area contributed by atoms with Crippen molar-refractivity contribution in [2.75, 3.05) is 12.8 Å². The number of ether oxygens (including phenoxy) is 1. The molecule has 0 unspecified atom stereocenters. The predicted octanol–water partition coefficient (Wildman–Crippen LogP) is 2.21. The molecule has 1 heterocycles. The van der Waals surface area contributed by atoms with Crippen LogP contribution in [0, 0.1) is 0 Å². The number of carbonyl (C=O) groups excluding carboxylic acids is 1. The van der Waals surface area contributed by atoms with E-state index in [9.17, 15) is 13.6 Å². The smallest absolute Gasteiger partial charge is 0.310 e. The van der Waals surface area contributed by atoms with Gasteiger partial charge in [-0.3, -0.25) is 4.79 Å². The van der Waals surface area contributed by atoms with Gasteiger partial charge in [-0.1, -0.05) is 15.9 Å². The Labute approximate surface area is 105 Å². The fourth-order valence-electron chi connectivity index (χ4n) is 1.39. The van der Waals surface area contributed by atoms with Crippen molar-refractivity contribution in [3.8, 4) is 0 Å². The lowest BCUT2D eigenvalue weighted by Gasteiger charge is -2.12. The highest BCUT2D eigenvalue weighted by Gasteiger charge is 2.20. The first-order valence-electron chi connectivity index (χ1n) is 4.68. The lowest BCUT2D eigenvalue weighted by atomic mass is 10.0. The molecular weight excluding hydrogens is 298 g/mol. The summed E-state index contributed by atoms with van der Waals surface area (Å²) in [7, 11) is 1.20. The van der Waals surface area contributed by atoms with Gasteiger partial charge in [0.15, 0.2) is 0 Å². The Hall–Kier alpha value is -1.24. The Kier molecular flexibility index (Phi) is 4.80. The minimum atomic E-state index is -2.71. The van der Waals surface area contributed by atoms with Crippen LogP contribution >= 0.6 is 15.9 Å². The van der Waals surface area contributed by atoms with E-state index in [1.54, 1.807) is 0 Å². The monoisotopic (exact) mass is 308 g/mol. The topological polar surface area (TPSA) is 65.2 Å². The van der Waals surface area contributed by atoms with Crippen molar-refractivity contribution in [1.29, 1.82) is 0 Å². The molecule has 0 aliphatic carbocycles. The van der Waals surface area contributed by atoms with Crippen LogP contribution in [0.15, 0.2) is 6.07 Å². The molecule has 0 amide bonds. The Morgan fingerprint density at radius 2 is 2.29 bits per heavy atom. The lowest BCUT2D eigenvalue weighted by Crippen LogP contribution is -2.12. The molecule has 0 aliphatic heterocycles. The third kappa shape index (κ3) is 3.36. The number of pyridine rings is 1. The molecule has 0 saturated carbocycles. The van der Waals surface area contributed by atoms with Gasteiger partial charge >= 0.3 is 5.97 Å². The molecular formula is C10H11BrF2N2O2. The normalized spacial score (nSPS) is 10.6. The molecule has 0 atom stereocenters. The molecule has 0 radical (unpaired) electrons. The van der Waals surface area contributed by atoms with Crippen LogP contribution in [0.25, 0.3) is 0 Å². The average molecular weight is 309 g/mol. The van der Waals surface area contributed by atoms with Gasteiger partial charge in [0.25, 0.3) is 6.43 Å². The quantitative estimate of drug-likeness (QED) is 0.684. The predicted molar refractivity (Wildman–Crippen MR) is 62.0 cm³/mol. The van der Waals surface area contributed by atoms with E-state index in [1.807, 2.05) is 0 Å². The average Bonchev–Trinajstić information content (AvgIpc) is 2.30. The van der Waals surface area contributed by atoms with Gasteiger partial charge in [0.2, 0.25) is 0 Å². The van der Waals surface area contributed by atoms with Crippen LogP contribution in [0.5, 0.6) is 0 Å². The van der Waals surface area contributed by atoms with E-state index in [4.69, 9.17) is 5.73 Å². The molecule has 4 nitrogen and oxygen atoms in total. The molecule has 7 heteroatoms. The van der Waals surface area contributed by atoms with Gasteiger partial charge in [-0.25, -0.2) is 13.8 Å². The van der Waals surface area contributed by atoms with E-state index >= 15 is 0 Å². The summed E-state index contributed by atoms with van der Waals surface area (Å²) in [5.41, 5.74) is 5.63. The number of anilines is 1. The number of esters is 1. The maximum atomic E-state index is 12.8. The van der Waals surface area contributed by atoms with E-state index < -0.39 is 12.4 Å². The standard InChI is InChI=1S/C10H11BrF2N2O2/c1-17-9(16)3-5-6(10(12)13)2-8(14)15-7(5)4-11/h2,10H,3-4H2,1H3,(H2,14,15). The van der Waals surface area contributed by atoms with E-state index in [0.29, 0.717) is 5.69 Å². The number of nitrogen functional groups attached to an aromatic ring is 1. The van der Waals surface area contributed by atoms with Gasteiger partial charge in [0.1, 0.15) is 5.82 Å². The van der Waals surface area contributed by atoms with Gasteiger partial charge in [-0.2, -0.15) is 0 Å². The summed E-state index contributed by atoms with van der Waals surface area (Å²) in [5.74, 6) is -0.593. The zero-order valence-corrected chi connectivity index (χ0v) is 10.6. The van der Waals surface area contributed by atoms with Gasteiger partial charge < -0.3 is 10.5 Å². The van der Waals surface area contributed by atoms with Gasteiger partial charge in [0.05, 0.1) is 19.2 Å². The molecule has 1 aromatic heterocycles. The van der Waals surface area contributed by atoms with Crippen molar-refractivity contribution in [1.82, 2.24) is 4.98 Å².